The minimum absolute atomic E-state index is 0.930. The van der Waals surface area contributed by atoms with Gasteiger partial charge in [-0.1, -0.05) is 194 Å². The summed E-state index contributed by atoms with van der Waals surface area (Å²) in [5.74, 6) is 1.98. The van der Waals surface area contributed by atoms with Gasteiger partial charge in [0.05, 0.1) is 22.3 Å². The van der Waals surface area contributed by atoms with Crippen LogP contribution in [0.5, 0.6) is 0 Å². The average Bonchev–Trinajstić information content (AvgIpc) is 3.99. The van der Waals surface area contributed by atoms with Crippen molar-refractivity contribution in [3.8, 4) is 89.8 Å². The third-order valence-electron chi connectivity index (χ3n) is 13.4. The zero-order chi connectivity index (χ0) is 45.6. The Morgan fingerprint density at radius 2 is 0.794 bits per heavy atom. The van der Waals surface area contributed by atoms with Crippen LogP contribution >= 0.6 is 0 Å². The summed E-state index contributed by atoms with van der Waals surface area (Å²) in [5.41, 5.74) is 23.0. The lowest BCUT2D eigenvalue weighted by molar-refractivity contribution is -0.555. The van der Waals surface area contributed by atoms with E-state index in [9.17, 15) is 0 Å². The quantitative estimate of drug-likeness (QED) is 0.144. The molecule has 0 amide bonds. The summed E-state index contributed by atoms with van der Waals surface area (Å²) < 4.78 is 4.64. The number of aromatic nitrogens is 4. The van der Waals surface area contributed by atoms with Crippen LogP contribution in [0.25, 0.3) is 112 Å². The minimum Gasteiger partial charge on any atom is -0.292 e. The lowest BCUT2D eigenvalue weighted by Gasteiger charge is -2.19. The number of fused-ring (bicyclic) bond motifs is 2. The molecule has 0 aliphatic carbocycles. The molecule has 68 heavy (non-hydrogen) atoms. The maximum absolute atomic E-state index is 5.17. The van der Waals surface area contributed by atoms with Crippen LogP contribution in [-0.4, -0.2) is 14.5 Å². The number of hydrogen-bond acceptors (Lipinski definition) is 1. The molecule has 4 nitrogen and oxygen atoms in total. The SMILES string of the molecule is Cc1ccccc1-n1c(-c2ccc(-c3ccccc3-c3ccccc3-c3ccccc3-c3ccccc3-c3ccc(-c4[nH]c5ccccc5[n+]4-c4ccccc4C)cc3)cc2)nc2ccccc21. The molecular formula is C64H47N4+. The first-order chi connectivity index (χ1) is 33.6. The first-order valence-corrected chi connectivity index (χ1v) is 23.3. The van der Waals surface area contributed by atoms with E-state index in [1.165, 1.54) is 61.3 Å². The summed E-state index contributed by atoms with van der Waals surface area (Å²) >= 11 is 0. The van der Waals surface area contributed by atoms with Gasteiger partial charge < -0.3 is 0 Å². The van der Waals surface area contributed by atoms with Crippen molar-refractivity contribution >= 4 is 22.1 Å². The molecular weight excluding hydrogens is 825 g/mol. The molecule has 12 rings (SSSR count). The molecule has 0 fully saturated rings. The molecule has 1 N–H and O–H groups in total. The summed E-state index contributed by atoms with van der Waals surface area (Å²) in [6, 6.07) is 87.3. The van der Waals surface area contributed by atoms with E-state index in [0.717, 1.165) is 61.7 Å². The molecule has 322 valence electrons. The lowest BCUT2D eigenvalue weighted by atomic mass is 9.85. The Hall–Kier alpha value is -8.86. The van der Waals surface area contributed by atoms with E-state index in [1.54, 1.807) is 0 Å². The van der Waals surface area contributed by atoms with Gasteiger partial charge in [0.25, 0.3) is 5.82 Å². The van der Waals surface area contributed by atoms with Crippen molar-refractivity contribution in [3.05, 3.63) is 254 Å². The molecule has 2 heterocycles. The van der Waals surface area contributed by atoms with Crippen molar-refractivity contribution in [2.24, 2.45) is 0 Å². The fourth-order valence-corrected chi connectivity index (χ4v) is 10.1. The van der Waals surface area contributed by atoms with E-state index in [-0.39, 0.29) is 0 Å². The lowest BCUT2D eigenvalue weighted by Crippen LogP contribution is -2.32. The van der Waals surface area contributed by atoms with Gasteiger partial charge in [-0.25, -0.2) is 9.97 Å². The number of imidazole rings is 2. The molecule has 2 aromatic heterocycles. The van der Waals surface area contributed by atoms with Gasteiger partial charge in [0.1, 0.15) is 11.5 Å². The molecule has 0 aliphatic rings. The van der Waals surface area contributed by atoms with Crippen LogP contribution in [-0.2, 0) is 0 Å². The van der Waals surface area contributed by atoms with Gasteiger partial charge in [-0.15, -0.1) is 0 Å². The van der Waals surface area contributed by atoms with Gasteiger partial charge in [-0.3, -0.25) is 4.57 Å². The van der Waals surface area contributed by atoms with Crippen molar-refractivity contribution in [3.63, 3.8) is 0 Å². The maximum atomic E-state index is 5.17. The number of rotatable bonds is 9. The molecule has 0 unspecified atom stereocenters. The summed E-state index contributed by atoms with van der Waals surface area (Å²) in [4.78, 5) is 8.92. The van der Waals surface area contributed by atoms with Crippen LogP contribution in [0.15, 0.2) is 243 Å². The maximum Gasteiger partial charge on any atom is 0.292 e. The van der Waals surface area contributed by atoms with E-state index < -0.39 is 0 Å². The summed E-state index contributed by atoms with van der Waals surface area (Å²) in [6.07, 6.45) is 0. The molecule has 4 heteroatoms. The topological polar surface area (TPSA) is 37.5 Å². The highest BCUT2D eigenvalue weighted by molar-refractivity contribution is 5.98. The second-order valence-electron chi connectivity index (χ2n) is 17.5. The largest absolute Gasteiger partial charge is 0.292 e. The Morgan fingerprint density at radius 3 is 1.37 bits per heavy atom. The van der Waals surface area contributed by atoms with Crippen LogP contribution in [0.4, 0.5) is 0 Å². The van der Waals surface area contributed by atoms with E-state index >= 15 is 0 Å². The molecule has 0 bridgehead atoms. The third-order valence-corrected chi connectivity index (χ3v) is 13.4. The number of hydrogen-bond donors (Lipinski definition) is 1. The van der Waals surface area contributed by atoms with E-state index in [1.807, 2.05) is 0 Å². The number of H-pyrrole nitrogens is 1. The van der Waals surface area contributed by atoms with Crippen LogP contribution in [0.2, 0.25) is 0 Å². The predicted molar refractivity (Wildman–Crippen MR) is 282 cm³/mol. The highest BCUT2D eigenvalue weighted by Crippen LogP contribution is 2.44. The first kappa shape index (κ1) is 40.6. The molecule has 0 atom stereocenters. The van der Waals surface area contributed by atoms with Crippen molar-refractivity contribution in [2.75, 3.05) is 0 Å². The zero-order valence-corrected chi connectivity index (χ0v) is 37.9. The highest BCUT2D eigenvalue weighted by atomic mass is 15.1. The zero-order valence-electron chi connectivity index (χ0n) is 37.9. The number of nitrogens with one attached hydrogen (secondary N) is 1. The third kappa shape index (κ3) is 7.11. The van der Waals surface area contributed by atoms with Crippen molar-refractivity contribution < 1.29 is 4.57 Å². The summed E-state index contributed by atoms with van der Waals surface area (Å²) in [6.45, 7) is 4.34. The Labute approximate surface area is 396 Å². The molecule has 0 saturated carbocycles. The Bertz CT molecular complexity index is 3560. The fourth-order valence-electron chi connectivity index (χ4n) is 10.1. The van der Waals surface area contributed by atoms with Crippen LogP contribution < -0.4 is 4.57 Å². The van der Waals surface area contributed by atoms with Crippen molar-refractivity contribution in [2.45, 2.75) is 13.8 Å². The van der Waals surface area contributed by atoms with Crippen molar-refractivity contribution in [1.29, 1.82) is 0 Å². The Morgan fingerprint density at radius 1 is 0.368 bits per heavy atom. The monoisotopic (exact) mass is 871 g/mol. The molecule has 0 saturated heterocycles. The molecule has 0 radical (unpaired) electrons. The van der Waals surface area contributed by atoms with E-state index in [0.29, 0.717) is 0 Å². The van der Waals surface area contributed by atoms with Gasteiger partial charge in [0.15, 0.2) is 11.0 Å². The van der Waals surface area contributed by atoms with Crippen molar-refractivity contribution in [1.82, 2.24) is 14.5 Å². The molecule has 0 aliphatic heterocycles. The normalized spacial score (nSPS) is 11.4. The second-order valence-corrected chi connectivity index (χ2v) is 17.5. The number of aryl methyl sites for hydroxylation is 2. The predicted octanol–water partition coefficient (Wildman–Crippen LogP) is 16.1. The van der Waals surface area contributed by atoms with Gasteiger partial charge in [0.2, 0.25) is 0 Å². The van der Waals surface area contributed by atoms with Crippen LogP contribution in [0.1, 0.15) is 11.1 Å². The van der Waals surface area contributed by atoms with Gasteiger partial charge >= 0.3 is 0 Å². The van der Waals surface area contributed by atoms with E-state index in [2.05, 4.69) is 271 Å². The standard InChI is InChI=1S/C64H46N4/c1-43-19-3-15-31-59(43)67-61-33-17-13-29-57(61)65-63(67)47-39-35-45(36-40-47)49-21-5-7-23-51(49)53-25-9-11-27-55(53)56-28-12-10-26-54(56)52-24-8-6-22-50(52)46-37-41-48(42-38-46)64-66-58-30-14-18-34-62(58)68(64)60-32-16-4-20-44(60)2/h3-42H,1-2H3/p+1. The van der Waals surface area contributed by atoms with Gasteiger partial charge in [0, 0.05) is 5.56 Å². The second kappa shape index (κ2) is 17.2. The number of benzene rings is 10. The molecule has 12 aromatic rings. The first-order valence-electron chi connectivity index (χ1n) is 23.3. The molecule has 0 spiro atoms. The molecule has 10 aromatic carbocycles. The average molecular weight is 872 g/mol. The highest BCUT2D eigenvalue weighted by Gasteiger charge is 2.24. The van der Waals surface area contributed by atoms with Crippen LogP contribution in [0.3, 0.4) is 0 Å². The van der Waals surface area contributed by atoms with Crippen LogP contribution in [0, 0.1) is 13.8 Å². The number of aromatic amines is 1. The number of nitrogens with zero attached hydrogens (tertiary/aromatic N) is 3. The van der Waals surface area contributed by atoms with E-state index in [4.69, 9.17) is 4.98 Å². The summed E-state index contributed by atoms with van der Waals surface area (Å²) in [5, 5.41) is 0. The smallest absolute Gasteiger partial charge is 0.292 e. The summed E-state index contributed by atoms with van der Waals surface area (Å²) in [7, 11) is 0. The van der Waals surface area contributed by atoms with Gasteiger partial charge in [-0.05, 0) is 129 Å². The minimum atomic E-state index is 0.930. The number of para-hydroxylation sites is 6. The Balaban J connectivity index is 0.912. The van der Waals surface area contributed by atoms with Gasteiger partial charge in [-0.2, -0.15) is 4.57 Å². The Kier molecular flexibility index (Phi) is 10.3. The fraction of sp³-hybridized carbons (Fsp3) is 0.0312.